The van der Waals surface area contributed by atoms with Gasteiger partial charge in [-0.3, -0.25) is 0 Å². The van der Waals surface area contributed by atoms with Crippen LogP contribution in [-0.4, -0.2) is 11.7 Å². The van der Waals surface area contributed by atoms with Crippen LogP contribution in [0.3, 0.4) is 0 Å². The van der Waals surface area contributed by atoms with Crippen molar-refractivity contribution in [2.75, 3.05) is 6.61 Å². The molecule has 15 heavy (non-hydrogen) atoms. The molecule has 0 aliphatic carbocycles. The van der Waals surface area contributed by atoms with Crippen LogP contribution in [0.1, 0.15) is 44.7 Å². The Hall–Kier alpha value is -0.820. The maximum absolute atomic E-state index is 9.02. The fraction of sp³-hybridized carbons (Fsp3) is 0.571. The van der Waals surface area contributed by atoms with Gasteiger partial charge in [0.1, 0.15) is 0 Å². The van der Waals surface area contributed by atoms with Crippen molar-refractivity contribution in [3.05, 3.63) is 35.4 Å². The molecule has 1 aromatic carbocycles. The molecule has 0 aliphatic rings. The van der Waals surface area contributed by atoms with Crippen LogP contribution in [0.4, 0.5) is 0 Å². The maximum Gasteiger partial charge on any atom is 0.0462 e. The van der Waals surface area contributed by atoms with Gasteiger partial charge >= 0.3 is 0 Å². The summed E-state index contributed by atoms with van der Waals surface area (Å²) >= 11 is 0. The van der Waals surface area contributed by atoms with E-state index in [4.69, 9.17) is 5.11 Å². The lowest BCUT2D eigenvalue weighted by Gasteiger charge is -2.17. The summed E-state index contributed by atoms with van der Waals surface area (Å²) in [6.07, 6.45) is 0. The zero-order valence-electron chi connectivity index (χ0n) is 10.6. The minimum Gasteiger partial charge on any atom is -0.396 e. The van der Waals surface area contributed by atoms with Crippen molar-refractivity contribution in [3.63, 3.8) is 0 Å². The zero-order valence-corrected chi connectivity index (χ0v) is 10.6. The Labute approximate surface area is 94.2 Å². The van der Waals surface area contributed by atoms with Crippen molar-refractivity contribution in [2.24, 2.45) is 5.92 Å². The zero-order chi connectivity index (χ0) is 11.8. The SMILES string of the molecule is CC.Cc1ccc(C(C)C(C)CO)cc1. The van der Waals surface area contributed by atoms with Gasteiger partial charge in [-0.25, -0.2) is 0 Å². The molecule has 0 bridgehead atoms. The van der Waals surface area contributed by atoms with Crippen LogP contribution < -0.4 is 0 Å². The number of hydrogen-bond acceptors (Lipinski definition) is 1. The Morgan fingerprint density at radius 2 is 1.53 bits per heavy atom. The smallest absolute Gasteiger partial charge is 0.0462 e. The Kier molecular flexibility index (Phi) is 7.06. The van der Waals surface area contributed by atoms with Crippen molar-refractivity contribution in [1.29, 1.82) is 0 Å². The molecule has 0 saturated carbocycles. The fourth-order valence-electron chi connectivity index (χ4n) is 1.36. The van der Waals surface area contributed by atoms with Crippen molar-refractivity contribution in [1.82, 2.24) is 0 Å². The van der Waals surface area contributed by atoms with Crippen LogP contribution in [0.25, 0.3) is 0 Å². The molecule has 2 atom stereocenters. The molecule has 1 heteroatoms. The van der Waals surface area contributed by atoms with Crippen LogP contribution >= 0.6 is 0 Å². The van der Waals surface area contributed by atoms with Crippen LogP contribution in [0.5, 0.6) is 0 Å². The van der Waals surface area contributed by atoms with Crippen molar-refractivity contribution >= 4 is 0 Å². The average molecular weight is 208 g/mol. The van der Waals surface area contributed by atoms with Gasteiger partial charge in [0.15, 0.2) is 0 Å². The van der Waals surface area contributed by atoms with Gasteiger partial charge in [0.2, 0.25) is 0 Å². The van der Waals surface area contributed by atoms with Gasteiger partial charge in [0.25, 0.3) is 0 Å². The molecule has 1 nitrogen and oxygen atoms in total. The lowest BCUT2D eigenvalue weighted by atomic mass is 9.89. The molecule has 1 aromatic rings. The molecule has 86 valence electrons. The Balaban J connectivity index is 0.000000921. The molecule has 0 saturated heterocycles. The quantitative estimate of drug-likeness (QED) is 0.802. The predicted octanol–water partition coefficient (Wildman–Crippen LogP) is 3.75. The summed E-state index contributed by atoms with van der Waals surface area (Å²) in [6.45, 7) is 10.6. The van der Waals surface area contributed by atoms with Gasteiger partial charge in [-0.15, -0.1) is 0 Å². The van der Waals surface area contributed by atoms with Crippen LogP contribution in [0.2, 0.25) is 0 Å². The molecular formula is C14H24O. The van der Waals surface area contributed by atoms with Gasteiger partial charge in [-0.2, -0.15) is 0 Å². The topological polar surface area (TPSA) is 20.2 Å². The molecule has 0 heterocycles. The molecule has 0 fully saturated rings. The molecule has 0 radical (unpaired) electrons. The second kappa shape index (κ2) is 7.47. The van der Waals surface area contributed by atoms with Crippen molar-refractivity contribution < 1.29 is 5.11 Å². The van der Waals surface area contributed by atoms with Gasteiger partial charge < -0.3 is 5.11 Å². The highest BCUT2D eigenvalue weighted by molar-refractivity contribution is 5.24. The van der Waals surface area contributed by atoms with Crippen molar-refractivity contribution in [2.45, 2.75) is 40.5 Å². The third-order valence-electron chi connectivity index (χ3n) is 2.74. The largest absolute Gasteiger partial charge is 0.396 e. The summed E-state index contributed by atoms with van der Waals surface area (Å²) in [6, 6.07) is 8.53. The standard InChI is InChI=1S/C12H18O.C2H6/c1-9-4-6-12(7-5-9)11(3)10(2)8-13;1-2/h4-7,10-11,13H,8H2,1-3H3;1-2H3. The van der Waals surface area contributed by atoms with Gasteiger partial charge in [-0.1, -0.05) is 57.5 Å². The Morgan fingerprint density at radius 1 is 1.07 bits per heavy atom. The predicted molar refractivity (Wildman–Crippen MR) is 67.2 cm³/mol. The first kappa shape index (κ1) is 14.2. The number of hydrogen-bond donors (Lipinski definition) is 1. The van der Waals surface area contributed by atoms with E-state index in [9.17, 15) is 0 Å². The van der Waals surface area contributed by atoms with E-state index in [-0.39, 0.29) is 6.61 Å². The van der Waals surface area contributed by atoms with Crippen LogP contribution in [-0.2, 0) is 0 Å². The number of aliphatic hydroxyl groups excluding tert-OH is 1. The van der Waals surface area contributed by atoms with Crippen LogP contribution in [0, 0.1) is 12.8 Å². The second-order valence-electron chi connectivity index (χ2n) is 3.86. The lowest BCUT2D eigenvalue weighted by molar-refractivity contribution is 0.220. The first-order valence-corrected chi connectivity index (χ1v) is 5.82. The molecule has 0 aliphatic heterocycles. The van der Waals surface area contributed by atoms with E-state index >= 15 is 0 Å². The molecule has 1 rings (SSSR count). The summed E-state index contributed by atoms with van der Waals surface area (Å²) in [5.41, 5.74) is 2.60. The summed E-state index contributed by atoms with van der Waals surface area (Å²) in [7, 11) is 0. The molecule has 1 N–H and O–H groups in total. The van der Waals surface area contributed by atoms with E-state index in [1.807, 2.05) is 13.8 Å². The number of rotatable bonds is 3. The van der Waals surface area contributed by atoms with Gasteiger partial charge in [0, 0.05) is 6.61 Å². The maximum atomic E-state index is 9.02. The fourth-order valence-corrected chi connectivity index (χ4v) is 1.36. The second-order valence-corrected chi connectivity index (χ2v) is 3.86. The highest BCUT2D eigenvalue weighted by atomic mass is 16.3. The Morgan fingerprint density at radius 3 is 1.93 bits per heavy atom. The monoisotopic (exact) mass is 208 g/mol. The molecular weight excluding hydrogens is 184 g/mol. The van der Waals surface area contributed by atoms with E-state index in [0.717, 1.165) is 0 Å². The first-order valence-electron chi connectivity index (χ1n) is 5.82. The number of benzene rings is 1. The molecule has 0 aromatic heterocycles. The summed E-state index contributed by atoms with van der Waals surface area (Å²) < 4.78 is 0. The van der Waals surface area contributed by atoms with Gasteiger partial charge in [0.05, 0.1) is 0 Å². The van der Waals surface area contributed by atoms with Gasteiger partial charge in [-0.05, 0) is 24.3 Å². The minimum atomic E-state index is 0.259. The van der Waals surface area contributed by atoms with Crippen molar-refractivity contribution in [3.8, 4) is 0 Å². The summed E-state index contributed by atoms with van der Waals surface area (Å²) in [4.78, 5) is 0. The third kappa shape index (κ3) is 4.48. The first-order chi connectivity index (χ1) is 7.15. The third-order valence-corrected chi connectivity index (χ3v) is 2.74. The molecule has 0 amide bonds. The number of aryl methyl sites for hydroxylation is 1. The van der Waals surface area contributed by atoms with E-state index in [2.05, 4.69) is 45.0 Å². The lowest BCUT2D eigenvalue weighted by Crippen LogP contribution is -2.10. The average Bonchev–Trinajstić information content (AvgIpc) is 2.31. The highest BCUT2D eigenvalue weighted by Crippen LogP contribution is 2.23. The summed E-state index contributed by atoms with van der Waals surface area (Å²) in [5.74, 6) is 0.772. The Bertz CT molecular complexity index is 251. The van der Waals surface area contributed by atoms with E-state index in [1.54, 1.807) is 0 Å². The van der Waals surface area contributed by atoms with E-state index < -0.39 is 0 Å². The minimum absolute atomic E-state index is 0.259. The number of aliphatic hydroxyl groups is 1. The summed E-state index contributed by atoms with van der Waals surface area (Å²) in [5, 5.41) is 9.02. The van der Waals surface area contributed by atoms with Crippen LogP contribution in [0.15, 0.2) is 24.3 Å². The van der Waals surface area contributed by atoms with E-state index in [0.29, 0.717) is 11.8 Å². The molecule has 0 spiro atoms. The molecule has 2 unspecified atom stereocenters. The normalized spacial score (nSPS) is 13.7. The van der Waals surface area contributed by atoms with E-state index in [1.165, 1.54) is 11.1 Å². The highest BCUT2D eigenvalue weighted by Gasteiger charge is 2.12.